The van der Waals surface area contributed by atoms with E-state index in [0.29, 0.717) is 17.9 Å². The molecule has 3 rings (SSSR count). The smallest absolute Gasteiger partial charge is 0.387 e. The van der Waals surface area contributed by atoms with Crippen LogP contribution in [0.15, 0.2) is 24.3 Å². The van der Waals surface area contributed by atoms with Crippen LogP contribution in [0.3, 0.4) is 0 Å². The Bertz CT molecular complexity index is 1080. The first-order valence-electron chi connectivity index (χ1n) is 9.18. The number of aliphatic hydroxyl groups is 2. The first-order chi connectivity index (χ1) is 14.9. The molecule has 32 heavy (non-hydrogen) atoms. The molecule has 2 aromatic rings. The van der Waals surface area contributed by atoms with Gasteiger partial charge in [0.25, 0.3) is 0 Å². The van der Waals surface area contributed by atoms with Crippen molar-refractivity contribution in [2.24, 2.45) is 0 Å². The summed E-state index contributed by atoms with van der Waals surface area (Å²) in [5.74, 6) is 0.440. The molecule has 0 amide bonds. The summed E-state index contributed by atoms with van der Waals surface area (Å²) >= 11 is 0. The summed E-state index contributed by atoms with van der Waals surface area (Å²) in [5.41, 5.74) is 1.78. The topological polar surface area (TPSA) is 219 Å². The molecule has 178 valence electrons. The maximum atomic E-state index is 11.6. The highest BCUT2D eigenvalue weighted by Crippen LogP contribution is 2.57. The van der Waals surface area contributed by atoms with Crippen molar-refractivity contribution in [3.05, 3.63) is 24.3 Å². The van der Waals surface area contributed by atoms with Gasteiger partial charge in [0.2, 0.25) is 0 Å². The number of hydrogen-bond donors (Lipinski definition) is 6. The second kappa shape index (κ2) is 9.61. The molecule has 15 nitrogen and oxygen atoms in total. The molecule has 0 aliphatic carbocycles. The van der Waals surface area contributed by atoms with E-state index in [-0.39, 0.29) is 5.65 Å². The fourth-order valence-corrected chi connectivity index (χ4v) is 4.54. The number of imidazole rings is 1. The van der Waals surface area contributed by atoms with E-state index in [1.807, 2.05) is 19.9 Å². The molecule has 1 fully saturated rings. The lowest BCUT2D eigenvalue weighted by Gasteiger charge is -2.17. The van der Waals surface area contributed by atoms with E-state index in [1.54, 1.807) is 0 Å². The zero-order valence-electron chi connectivity index (χ0n) is 16.9. The Balaban J connectivity index is 1.75. The number of fused-ring (bicyclic) bond motifs is 1. The Hall–Kier alpha value is -1.77. The van der Waals surface area contributed by atoms with E-state index in [2.05, 4.69) is 29.1 Å². The van der Waals surface area contributed by atoms with Crippen LogP contribution in [-0.2, 0) is 22.7 Å². The molecule has 3 heterocycles. The highest BCUT2D eigenvalue weighted by Gasteiger charge is 2.46. The van der Waals surface area contributed by atoms with Gasteiger partial charge < -0.3 is 34.9 Å². The Morgan fingerprint density at radius 2 is 1.94 bits per heavy atom. The second-order valence-electron chi connectivity index (χ2n) is 7.09. The fourth-order valence-electron chi connectivity index (χ4n) is 2.94. The highest BCUT2D eigenvalue weighted by molar-refractivity contribution is 7.60. The van der Waals surface area contributed by atoms with Crippen molar-refractivity contribution in [2.75, 3.05) is 18.5 Å². The number of phosphoric ester groups is 1. The number of ether oxygens (including phenoxy) is 1. The van der Waals surface area contributed by atoms with E-state index in [4.69, 9.17) is 14.5 Å². The lowest BCUT2D eigenvalue weighted by atomic mass is 10.1. The van der Waals surface area contributed by atoms with Gasteiger partial charge in [-0.3, -0.25) is 9.09 Å². The summed E-state index contributed by atoms with van der Waals surface area (Å²) < 4.78 is 37.4. The molecule has 0 bridgehead atoms. The molecule has 0 aromatic carbocycles. The summed E-state index contributed by atoms with van der Waals surface area (Å²) in [5, 5.41) is 23.8. The monoisotopic (exact) mass is 495 g/mol. The van der Waals surface area contributed by atoms with Crippen molar-refractivity contribution >= 4 is 32.6 Å². The molecule has 2 aromatic heterocycles. The van der Waals surface area contributed by atoms with E-state index in [9.17, 15) is 24.2 Å². The van der Waals surface area contributed by atoms with Gasteiger partial charge in [0.05, 0.1) is 12.9 Å². The third kappa shape index (κ3) is 5.97. The Kier molecular flexibility index (Phi) is 7.47. The standard InChI is InChI=1S/C15H23N5O10P2/c1-8(2)3-4-16-13-10-14(18-6-17-13)20(7-19-10)15-12(22)11(21)9(29-15)5-28-32(26,27)30-31(23,24)25/h3,6-7,9,11-12,15,21-22H,4-5H2,1-2H3,(H,26,27)(H,16,17,18)(H2,23,24,25)/t9-,11-,12-,15-/m1/s1. The Morgan fingerprint density at radius 3 is 2.59 bits per heavy atom. The number of nitrogens with one attached hydrogen (secondary N) is 1. The SMILES string of the molecule is CC(C)=CCNc1ncnc2c1ncn2[C@@H]1O[C@H](COP(=O)(O)OP(=O)(O)O)[C@@H](O)[C@H]1O. The van der Waals surface area contributed by atoms with Crippen LogP contribution in [0.2, 0.25) is 0 Å². The van der Waals surface area contributed by atoms with Crippen molar-refractivity contribution in [3.8, 4) is 0 Å². The lowest BCUT2D eigenvalue weighted by Crippen LogP contribution is -2.33. The normalized spacial score (nSPS) is 25.6. The highest BCUT2D eigenvalue weighted by atomic mass is 31.3. The van der Waals surface area contributed by atoms with Gasteiger partial charge in [-0.05, 0) is 13.8 Å². The number of rotatable bonds is 9. The number of aromatic nitrogens is 4. The molecule has 0 radical (unpaired) electrons. The molecular weight excluding hydrogens is 472 g/mol. The quantitative estimate of drug-likeness (QED) is 0.200. The zero-order valence-corrected chi connectivity index (χ0v) is 18.7. The van der Waals surface area contributed by atoms with Gasteiger partial charge in [0.1, 0.15) is 24.6 Å². The van der Waals surface area contributed by atoms with Crippen molar-refractivity contribution < 1.29 is 47.6 Å². The largest absolute Gasteiger partial charge is 0.481 e. The molecule has 1 saturated heterocycles. The fraction of sp³-hybridized carbons (Fsp3) is 0.533. The number of aliphatic hydroxyl groups excluding tert-OH is 2. The number of hydrogen-bond acceptors (Lipinski definition) is 11. The maximum absolute atomic E-state index is 11.6. The van der Waals surface area contributed by atoms with Crippen LogP contribution in [0.4, 0.5) is 5.82 Å². The van der Waals surface area contributed by atoms with Gasteiger partial charge in [-0.1, -0.05) is 11.6 Å². The van der Waals surface area contributed by atoms with Crippen LogP contribution in [0.1, 0.15) is 20.1 Å². The maximum Gasteiger partial charge on any atom is 0.481 e. The predicted molar refractivity (Wildman–Crippen MR) is 108 cm³/mol. The van der Waals surface area contributed by atoms with Crippen molar-refractivity contribution in [2.45, 2.75) is 38.4 Å². The molecule has 0 saturated carbocycles. The minimum absolute atomic E-state index is 0.287. The minimum Gasteiger partial charge on any atom is -0.387 e. The van der Waals surface area contributed by atoms with Gasteiger partial charge in [-0.2, -0.15) is 4.31 Å². The van der Waals surface area contributed by atoms with Gasteiger partial charge in [-0.15, -0.1) is 0 Å². The third-order valence-electron chi connectivity index (χ3n) is 4.36. The van der Waals surface area contributed by atoms with E-state index >= 15 is 0 Å². The van der Waals surface area contributed by atoms with Crippen molar-refractivity contribution in [1.29, 1.82) is 0 Å². The summed E-state index contributed by atoms with van der Waals surface area (Å²) in [6.07, 6.45) is -1.03. The number of nitrogens with zero attached hydrogens (tertiary/aromatic N) is 4. The first-order valence-corrected chi connectivity index (χ1v) is 12.2. The van der Waals surface area contributed by atoms with Crippen LogP contribution in [0.25, 0.3) is 11.2 Å². The average Bonchev–Trinajstić information content (AvgIpc) is 3.20. The summed E-state index contributed by atoms with van der Waals surface area (Å²) in [6, 6.07) is 0. The summed E-state index contributed by atoms with van der Waals surface area (Å²) in [7, 11) is -10.4. The summed E-state index contributed by atoms with van der Waals surface area (Å²) in [4.78, 5) is 39.1. The third-order valence-corrected chi connectivity index (χ3v) is 6.51. The first kappa shape index (κ1) is 24.9. The van der Waals surface area contributed by atoms with Crippen LogP contribution in [-0.4, -0.2) is 75.9 Å². The van der Waals surface area contributed by atoms with E-state index < -0.39 is 46.8 Å². The molecule has 1 aliphatic rings. The lowest BCUT2D eigenvalue weighted by molar-refractivity contribution is -0.0503. The van der Waals surface area contributed by atoms with Gasteiger partial charge >= 0.3 is 15.6 Å². The van der Waals surface area contributed by atoms with E-state index in [0.717, 1.165) is 5.57 Å². The van der Waals surface area contributed by atoms with E-state index in [1.165, 1.54) is 17.2 Å². The molecule has 5 atom stereocenters. The zero-order chi connectivity index (χ0) is 23.7. The number of anilines is 1. The van der Waals surface area contributed by atoms with Gasteiger partial charge in [0.15, 0.2) is 23.2 Å². The Labute approximate surface area is 181 Å². The van der Waals surface area contributed by atoms with Gasteiger partial charge in [0, 0.05) is 6.54 Å². The van der Waals surface area contributed by atoms with Crippen LogP contribution in [0, 0.1) is 0 Å². The summed E-state index contributed by atoms with van der Waals surface area (Å²) in [6.45, 7) is 3.59. The van der Waals surface area contributed by atoms with Crippen molar-refractivity contribution in [3.63, 3.8) is 0 Å². The van der Waals surface area contributed by atoms with Crippen LogP contribution in [0.5, 0.6) is 0 Å². The molecule has 0 spiro atoms. The Morgan fingerprint density at radius 1 is 1.22 bits per heavy atom. The average molecular weight is 495 g/mol. The van der Waals surface area contributed by atoms with Crippen LogP contribution < -0.4 is 5.32 Å². The number of allylic oxidation sites excluding steroid dienone is 1. The molecule has 1 unspecified atom stereocenters. The molecular formula is C15H23N5O10P2. The van der Waals surface area contributed by atoms with Crippen LogP contribution >= 0.6 is 15.6 Å². The number of phosphoric acid groups is 2. The molecule has 6 N–H and O–H groups in total. The van der Waals surface area contributed by atoms with Crippen molar-refractivity contribution in [1.82, 2.24) is 19.5 Å². The second-order valence-corrected chi connectivity index (χ2v) is 9.92. The minimum atomic E-state index is -5.30. The predicted octanol–water partition coefficient (Wildman–Crippen LogP) is 0.0499. The molecule has 17 heteroatoms. The van der Waals surface area contributed by atoms with Gasteiger partial charge in [-0.25, -0.2) is 24.1 Å². The molecule has 1 aliphatic heterocycles.